The average molecular weight is 293 g/mol. The van der Waals surface area contributed by atoms with Gasteiger partial charge in [-0.3, -0.25) is 0 Å². The monoisotopic (exact) mass is 293 g/mol. The molecule has 3 heteroatoms. The first-order valence-corrected chi connectivity index (χ1v) is 7.76. The largest absolute Gasteiger partial charge is 0.394 e. The van der Waals surface area contributed by atoms with Gasteiger partial charge in [-0.25, -0.2) is 0 Å². The fraction of sp³-hybridized carbons (Fsp3) is 0.316. The van der Waals surface area contributed by atoms with Crippen molar-refractivity contribution >= 4 is 11.3 Å². The van der Waals surface area contributed by atoms with Crippen LogP contribution in [0.1, 0.15) is 30.4 Å². The molecular formula is C19H23N3. The third kappa shape index (κ3) is 3.79. The smallest absolute Gasteiger partial charge is 0.0991 e. The van der Waals surface area contributed by atoms with E-state index in [9.17, 15) is 5.26 Å². The maximum Gasteiger partial charge on any atom is 0.0991 e. The first kappa shape index (κ1) is 15.9. The van der Waals surface area contributed by atoms with Gasteiger partial charge >= 0.3 is 0 Å². The predicted molar refractivity (Wildman–Crippen MR) is 93.6 cm³/mol. The quantitative estimate of drug-likeness (QED) is 0.838. The lowest BCUT2D eigenvalue weighted by atomic mass is 9.98. The van der Waals surface area contributed by atoms with Gasteiger partial charge in [0.2, 0.25) is 0 Å². The molecule has 1 fully saturated rings. The number of nitrogens with one attached hydrogen (secondary N) is 1. The van der Waals surface area contributed by atoms with Crippen molar-refractivity contribution in [3.8, 4) is 6.07 Å². The summed E-state index contributed by atoms with van der Waals surface area (Å²) in [5, 5.41) is 12.2. The molecule has 114 valence electrons. The van der Waals surface area contributed by atoms with E-state index >= 15 is 0 Å². The van der Waals surface area contributed by atoms with Gasteiger partial charge in [0.1, 0.15) is 0 Å². The second-order valence-corrected chi connectivity index (χ2v) is 5.37. The number of rotatable bonds is 5. The third-order valence-corrected chi connectivity index (χ3v) is 3.89. The van der Waals surface area contributed by atoms with E-state index in [1.54, 1.807) is 0 Å². The lowest BCUT2D eigenvalue weighted by Crippen LogP contribution is -2.30. The number of hydrogen-bond donors (Lipinski definition) is 1. The molecule has 1 heterocycles. The standard InChI is InChI=1S/C19H23N3/c1-3-17(8-7-11-21-2)18-14-16(15-20)9-10-19(18)22-12-5-4-6-13-22/h3,7-11,14,21H,1,4-6,12-13H2,2H3/b11-7-,17-8+. The Morgan fingerprint density at radius 1 is 1.32 bits per heavy atom. The van der Waals surface area contributed by atoms with Crippen molar-refractivity contribution in [2.45, 2.75) is 19.3 Å². The number of allylic oxidation sites excluding steroid dienone is 4. The molecule has 1 N–H and O–H groups in total. The molecule has 3 nitrogen and oxygen atoms in total. The van der Waals surface area contributed by atoms with E-state index in [4.69, 9.17) is 0 Å². The van der Waals surface area contributed by atoms with E-state index in [2.05, 4.69) is 28.9 Å². The second-order valence-electron chi connectivity index (χ2n) is 5.37. The number of anilines is 1. The number of piperidine rings is 1. The molecule has 0 aromatic heterocycles. The van der Waals surface area contributed by atoms with E-state index in [0.717, 1.165) is 24.2 Å². The molecule has 1 aliphatic heterocycles. The van der Waals surface area contributed by atoms with Crippen LogP contribution in [0.5, 0.6) is 0 Å². The maximum absolute atomic E-state index is 9.20. The van der Waals surface area contributed by atoms with Crippen LogP contribution in [0.3, 0.4) is 0 Å². The minimum Gasteiger partial charge on any atom is -0.394 e. The highest BCUT2D eigenvalue weighted by molar-refractivity contribution is 5.83. The van der Waals surface area contributed by atoms with Crippen LogP contribution in [0.25, 0.3) is 5.57 Å². The van der Waals surface area contributed by atoms with Gasteiger partial charge < -0.3 is 10.2 Å². The molecule has 0 unspecified atom stereocenters. The van der Waals surface area contributed by atoms with Crippen molar-refractivity contribution in [1.29, 1.82) is 5.26 Å². The van der Waals surface area contributed by atoms with E-state index in [0.29, 0.717) is 5.56 Å². The molecule has 2 rings (SSSR count). The van der Waals surface area contributed by atoms with Gasteiger partial charge in [-0.15, -0.1) is 0 Å². The fourth-order valence-electron chi connectivity index (χ4n) is 2.76. The summed E-state index contributed by atoms with van der Waals surface area (Å²) in [6.07, 6.45) is 11.5. The van der Waals surface area contributed by atoms with Crippen LogP contribution >= 0.6 is 0 Å². The van der Waals surface area contributed by atoms with E-state index in [-0.39, 0.29) is 0 Å². The summed E-state index contributed by atoms with van der Waals surface area (Å²) in [6, 6.07) is 8.16. The van der Waals surface area contributed by atoms with Crippen LogP contribution in [0, 0.1) is 11.3 Å². The molecule has 0 bridgehead atoms. The van der Waals surface area contributed by atoms with E-state index in [1.807, 2.05) is 43.6 Å². The van der Waals surface area contributed by atoms with Crippen LogP contribution in [0.15, 0.2) is 49.2 Å². The Morgan fingerprint density at radius 2 is 2.09 bits per heavy atom. The predicted octanol–water partition coefficient (Wildman–Crippen LogP) is 3.85. The van der Waals surface area contributed by atoms with Crippen LogP contribution in [-0.4, -0.2) is 20.1 Å². The molecule has 1 aromatic rings. The van der Waals surface area contributed by atoms with Crippen molar-refractivity contribution in [2.24, 2.45) is 0 Å². The molecule has 1 saturated heterocycles. The summed E-state index contributed by atoms with van der Waals surface area (Å²) in [6.45, 7) is 6.09. The molecule has 0 amide bonds. The maximum atomic E-state index is 9.20. The molecule has 0 atom stereocenters. The highest BCUT2D eigenvalue weighted by Crippen LogP contribution is 2.31. The highest BCUT2D eigenvalue weighted by Gasteiger charge is 2.16. The molecule has 0 saturated carbocycles. The third-order valence-electron chi connectivity index (χ3n) is 3.89. The Kier molecular flexibility index (Phi) is 5.85. The summed E-state index contributed by atoms with van der Waals surface area (Å²) in [7, 11) is 1.87. The van der Waals surface area contributed by atoms with Crippen molar-refractivity contribution in [2.75, 3.05) is 25.0 Å². The molecule has 22 heavy (non-hydrogen) atoms. The summed E-state index contributed by atoms with van der Waals surface area (Å²) in [5.41, 5.74) is 3.99. The van der Waals surface area contributed by atoms with Gasteiger partial charge in [-0.2, -0.15) is 5.26 Å². The summed E-state index contributed by atoms with van der Waals surface area (Å²) in [4.78, 5) is 2.42. The molecule has 0 radical (unpaired) electrons. The second kappa shape index (κ2) is 8.09. The van der Waals surface area contributed by atoms with Gasteiger partial charge in [0.05, 0.1) is 11.6 Å². The Hall–Kier alpha value is -2.47. The van der Waals surface area contributed by atoms with E-state index < -0.39 is 0 Å². The van der Waals surface area contributed by atoms with E-state index in [1.165, 1.54) is 24.9 Å². The molecule has 1 aromatic carbocycles. The zero-order valence-corrected chi connectivity index (χ0v) is 13.2. The Labute approximate surface area is 133 Å². The first-order chi connectivity index (χ1) is 10.8. The Morgan fingerprint density at radius 3 is 2.73 bits per heavy atom. The normalized spacial score (nSPS) is 15.6. The SMILES string of the molecule is C=C/C(=C\C=C/NC)c1cc(C#N)ccc1N1CCCCC1. The lowest BCUT2D eigenvalue weighted by Gasteiger charge is -2.31. The lowest BCUT2D eigenvalue weighted by molar-refractivity contribution is 0.577. The fourth-order valence-corrected chi connectivity index (χ4v) is 2.76. The molecular weight excluding hydrogens is 270 g/mol. The van der Waals surface area contributed by atoms with Gasteiger partial charge in [0.15, 0.2) is 0 Å². The number of benzene rings is 1. The summed E-state index contributed by atoms with van der Waals surface area (Å²) < 4.78 is 0. The van der Waals surface area contributed by atoms with Gasteiger partial charge in [0, 0.05) is 31.4 Å². The topological polar surface area (TPSA) is 39.1 Å². The first-order valence-electron chi connectivity index (χ1n) is 7.76. The van der Waals surface area contributed by atoms with Crippen molar-refractivity contribution in [1.82, 2.24) is 5.32 Å². The molecule has 1 aliphatic rings. The van der Waals surface area contributed by atoms with Crippen LogP contribution < -0.4 is 10.2 Å². The number of nitriles is 1. The summed E-state index contributed by atoms with van der Waals surface area (Å²) >= 11 is 0. The highest BCUT2D eigenvalue weighted by atomic mass is 15.1. The minimum absolute atomic E-state index is 0.682. The van der Waals surface area contributed by atoms with Crippen LogP contribution in [-0.2, 0) is 0 Å². The molecule has 0 spiro atoms. The van der Waals surface area contributed by atoms with Gasteiger partial charge in [-0.1, -0.05) is 18.7 Å². The minimum atomic E-state index is 0.682. The Bertz CT molecular complexity index is 614. The van der Waals surface area contributed by atoms with Crippen molar-refractivity contribution in [3.63, 3.8) is 0 Å². The van der Waals surface area contributed by atoms with Gasteiger partial charge in [0.25, 0.3) is 0 Å². The summed E-state index contributed by atoms with van der Waals surface area (Å²) in [5.74, 6) is 0. The van der Waals surface area contributed by atoms with Crippen LogP contribution in [0.2, 0.25) is 0 Å². The number of hydrogen-bond acceptors (Lipinski definition) is 3. The Balaban J connectivity index is 2.45. The zero-order valence-electron chi connectivity index (χ0n) is 13.2. The van der Waals surface area contributed by atoms with Crippen LogP contribution in [0.4, 0.5) is 5.69 Å². The van der Waals surface area contributed by atoms with Crippen molar-refractivity contribution in [3.05, 3.63) is 60.3 Å². The number of nitrogens with zero attached hydrogens (tertiary/aromatic N) is 2. The van der Waals surface area contributed by atoms with Gasteiger partial charge in [-0.05, 0) is 55.3 Å². The zero-order chi connectivity index (χ0) is 15.8. The molecule has 0 aliphatic carbocycles. The average Bonchev–Trinajstić information content (AvgIpc) is 2.59. The van der Waals surface area contributed by atoms with Crippen molar-refractivity contribution < 1.29 is 0 Å².